The molecule has 1 atom stereocenters. The van der Waals surface area contributed by atoms with Crippen molar-refractivity contribution in [3.05, 3.63) is 82.9 Å². The van der Waals surface area contributed by atoms with Crippen molar-refractivity contribution in [3.63, 3.8) is 0 Å². The number of likely N-dealkylation sites (tertiary alicyclic amines) is 1. The molecule has 2 fully saturated rings. The molecular weight excluding hydrogens is 480 g/mol. The van der Waals surface area contributed by atoms with Gasteiger partial charge in [-0.1, -0.05) is 50.8 Å². The number of morpholine rings is 1. The second-order valence-electron chi connectivity index (χ2n) is 10.2. The second-order valence-corrected chi connectivity index (χ2v) is 10.2. The van der Waals surface area contributed by atoms with E-state index in [-0.39, 0.29) is 11.3 Å². The summed E-state index contributed by atoms with van der Waals surface area (Å²) in [6.45, 7) is 14.5. The van der Waals surface area contributed by atoms with Crippen LogP contribution in [-0.2, 0) is 14.3 Å². The largest absolute Gasteiger partial charge is 0.507 e. The minimum absolute atomic E-state index is 0.126. The maximum Gasteiger partial charge on any atom is 0.295 e. The van der Waals surface area contributed by atoms with Crippen molar-refractivity contribution in [3.8, 4) is 5.75 Å². The number of ether oxygens (including phenoxy) is 2. The highest BCUT2D eigenvalue weighted by Crippen LogP contribution is 2.40. The van der Waals surface area contributed by atoms with Gasteiger partial charge in [0.15, 0.2) is 0 Å². The Morgan fingerprint density at radius 3 is 2.47 bits per heavy atom. The Morgan fingerprint density at radius 1 is 1.13 bits per heavy atom. The van der Waals surface area contributed by atoms with Crippen molar-refractivity contribution in [2.75, 3.05) is 46.0 Å². The molecule has 1 N–H and O–H groups in total. The van der Waals surface area contributed by atoms with Crippen LogP contribution in [0.4, 0.5) is 0 Å². The van der Waals surface area contributed by atoms with Crippen LogP contribution >= 0.6 is 0 Å². The van der Waals surface area contributed by atoms with Gasteiger partial charge in [-0.25, -0.2) is 0 Å². The molecule has 2 heterocycles. The van der Waals surface area contributed by atoms with Gasteiger partial charge < -0.3 is 19.5 Å². The van der Waals surface area contributed by atoms with Gasteiger partial charge in [-0.3, -0.25) is 14.5 Å². The number of aryl methyl sites for hydroxylation is 1. The van der Waals surface area contributed by atoms with E-state index in [0.29, 0.717) is 43.6 Å². The normalized spacial score (nSPS) is 19.8. The minimum atomic E-state index is -0.656. The first-order chi connectivity index (χ1) is 18.3. The van der Waals surface area contributed by atoms with E-state index in [0.717, 1.165) is 37.2 Å². The molecule has 0 spiro atoms. The summed E-state index contributed by atoms with van der Waals surface area (Å²) in [5.41, 5.74) is 3.36. The Kier molecular flexibility index (Phi) is 9.02. The molecule has 0 aliphatic carbocycles. The van der Waals surface area contributed by atoms with E-state index in [4.69, 9.17) is 9.47 Å². The standard InChI is InChI=1S/C31H38N2O5/c1-5-17-38-25-11-12-26(22(4)20-25)29(34)27-28(24-9-7-23(8-10-24)21(2)3)33(31(36)30(27)35)14-6-13-32-15-18-37-19-16-32/h5,7-12,20-21,28,34H,1,6,13-19H2,2-4H3/b29-27+. The number of hydrogen-bond acceptors (Lipinski definition) is 6. The number of aliphatic hydroxyl groups is 1. The zero-order chi connectivity index (χ0) is 27.2. The molecule has 7 heteroatoms. The summed E-state index contributed by atoms with van der Waals surface area (Å²) >= 11 is 0. The van der Waals surface area contributed by atoms with Crippen LogP contribution in [0.3, 0.4) is 0 Å². The lowest BCUT2D eigenvalue weighted by Gasteiger charge is -2.29. The van der Waals surface area contributed by atoms with Crippen LogP contribution in [0.15, 0.2) is 60.7 Å². The number of Topliss-reactive ketones (excluding diaryl/α,β-unsaturated/α-hetero) is 1. The molecule has 2 aromatic rings. The summed E-state index contributed by atoms with van der Waals surface area (Å²) in [5.74, 6) is -0.394. The van der Waals surface area contributed by atoms with Crippen LogP contribution in [0.1, 0.15) is 54.5 Å². The molecule has 0 radical (unpaired) electrons. The fourth-order valence-electron chi connectivity index (χ4n) is 5.10. The molecule has 4 rings (SSSR count). The highest BCUT2D eigenvalue weighted by atomic mass is 16.5. The number of rotatable bonds is 10. The molecule has 0 aromatic heterocycles. The molecule has 0 bridgehead atoms. The third-order valence-electron chi connectivity index (χ3n) is 7.26. The quantitative estimate of drug-likeness (QED) is 0.210. The van der Waals surface area contributed by atoms with Crippen LogP contribution in [0, 0.1) is 6.92 Å². The monoisotopic (exact) mass is 518 g/mol. The molecule has 2 saturated heterocycles. The van der Waals surface area contributed by atoms with Crippen LogP contribution in [0.2, 0.25) is 0 Å². The molecular formula is C31H38N2O5. The highest BCUT2D eigenvalue weighted by Gasteiger charge is 2.46. The number of ketones is 1. The summed E-state index contributed by atoms with van der Waals surface area (Å²) in [5, 5.41) is 11.5. The van der Waals surface area contributed by atoms with E-state index in [1.54, 1.807) is 23.1 Å². The molecule has 1 amide bonds. The van der Waals surface area contributed by atoms with Crippen LogP contribution in [-0.4, -0.2) is 72.6 Å². The average Bonchev–Trinajstić information content (AvgIpc) is 3.17. The van der Waals surface area contributed by atoms with Gasteiger partial charge in [-0.05, 0) is 54.2 Å². The maximum absolute atomic E-state index is 13.4. The lowest BCUT2D eigenvalue weighted by Crippen LogP contribution is -2.38. The molecule has 7 nitrogen and oxygen atoms in total. The lowest BCUT2D eigenvalue weighted by molar-refractivity contribution is -0.140. The third kappa shape index (κ3) is 6.00. The summed E-state index contributed by atoms with van der Waals surface area (Å²) in [7, 11) is 0. The van der Waals surface area contributed by atoms with Crippen LogP contribution < -0.4 is 4.74 Å². The van der Waals surface area contributed by atoms with Gasteiger partial charge in [-0.15, -0.1) is 0 Å². The number of nitrogens with zero attached hydrogens (tertiary/aromatic N) is 2. The van der Waals surface area contributed by atoms with Gasteiger partial charge in [0.2, 0.25) is 0 Å². The molecule has 38 heavy (non-hydrogen) atoms. The average molecular weight is 519 g/mol. The van der Waals surface area contributed by atoms with Gasteiger partial charge >= 0.3 is 0 Å². The number of carbonyl (C=O) groups excluding carboxylic acids is 2. The van der Waals surface area contributed by atoms with Gasteiger partial charge in [0, 0.05) is 31.7 Å². The Bertz CT molecular complexity index is 1200. The first-order valence-electron chi connectivity index (χ1n) is 13.3. The number of amides is 1. The molecule has 2 aliphatic rings. The van der Waals surface area contributed by atoms with Crippen molar-refractivity contribution >= 4 is 17.4 Å². The number of hydrogen-bond donors (Lipinski definition) is 1. The van der Waals surface area contributed by atoms with Crippen LogP contribution in [0.25, 0.3) is 5.76 Å². The Morgan fingerprint density at radius 2 is 1.84 bits per heavy atom. The van der Waals surface area contributed by atoms with E-state index in [1.807, 2.05) is 37.3 Å². The Labute approximate surface area is 225 Å². The van der Waals surface area contributed by atoms with Crippen molar-refractivity contribution < 1.29 is 24.2 Å². The summed E-state index contributed by atoms with van der Waals surface area (Å²) in [6, 6.07) is 12.6. The van der Waals surface area contributed by atoms with Crippen molar-refractivity contribution in [2.45, 2.75) is 39.2 Å². The molecule has 0 saturated carbocycles. The zero-order valence-corrected chi connectivity index (χ0v) is 22.6. The van der Waals surface area contributed by atoms with E-state index in [2.05, 4.69) is 25.3 Å². The first kappa shape index (κ1) is 27.6. The SMILES string of the molecule is C=CCOc1ccc(/C(O)=C2\C(=O)C(=O)N(CCCN3CCOCC3)C2c2ccc(C(C)C)cc2)c(C)c1. The predicted molar refractivity (Wildman–Crippen MR) is 148 cm³/mol. The van der Waals surface area contributed by atoms with Gasteiger partial charge in [-0.2, -0.15) is 0 Å². The number of carbonyl (C=O) groups is 2. The number of aliphatic hydroxyl groups excluding tert-OH is 1. The van der Waals surface area contributed by atoms with E-state index in [1.165, 1.54) is 5.56 Å². The van der Waals surface area contributed by atoms with Crippen molar-refractivity contribution in [1.82, 2.24) is 9.80 Å². The molecule has 202 valence electrons. The second kappa shape index (κ2) is 12.4. The minimum Gasteiger partial charge on any atom is -0.507 e. The van der Waals surface area contributed by atoms with Gasteiger partial charge in [0.25, 0.3) is 11.7 Å². The fourth-order valence-corrected chi connectivity index (χ4v) is 5.10. The molecule has 2 aromatic carbocycles. The van der Waals surface area contributed by atoms with Gasteiger partial charge in [0.1, 0.15) is 18.1 Å². The van der Waals surface area contributed by atoms with E-state index >= 15 is 0 Å². The fraction of sp³-hybridized carbons (Fsp3) is 0.419. The summed E-state index contributed by atoms with van der Waals surface area (Å²) in [6.07, 6.45) is 2.39. The topological polar surface area (TPSA) is 79.3 Å². The number of benzene rings is 2. The Hall–Kier alpha value is -3.42. The molecule has 2 aliphatic heterocycles. The van der Waals surface area contributed by atoms with E-state index < -0.39 is 17.7 Å². The van der Waals surface area contributed by atoms with Crippen molar-refractivity contribution in [2.24, 2.45) is 0 Å². The van der Waals surface area contributed by atoms with Crippen LogP contribution in [0.5, 0.6) is 5.75 Å². The van der Waals surface area contributed by atoms with Gasteiger partial charge in [0.05, 0.1) is 24.8 Å². The zero-order valence-electron chi connectivity index (χ0n) is 22.6. The molecule has 1 unspecified atom stereocenters. The highest BCUT2D eigenvalue weighted by molar-refractivity contribution is 6.46. The summed E-state index contributed by atoms with van der Waals surface area (Å²) < 4.78 is 11.0. The predicted octanol–water partition coefficient (Wildman–Crippen LogP) is 4.83. The maximum atomic E-state index is 13.4. The van der Waals surface area contributed by atoms with Crippen molar-refractivity contribution in [1.29, 1.82) is 0 Å². The Balaban J connectivity index is 1.69. The smallest absolute Gasteiger partial charge is 0.295 e. The first-order valence-corrected chi connectivity index (χ1v) is 13.3. The lowest BCUT2D eigenvalue weighted by atomic mass is 9.92. The van der Waals surface area contributed by atoms with E-state index in [9.17, 15) is 14.7 Å². The summed E-state index contributed by atoms with van der Waals surface area (Å²) in [4.78, 5) is 30.7. The third-order valence-corrected chi connectivity index (χ3v) is 7.26.